The van der Waals surface area contributed by atoms with Crippen LogP contribution in [0.4, 0.5) is 0 Å². The number of hydrogen-bond acceptors (Lipinski definition) is 3. The molecule has 0 fully saturated rings. The minimum atomic E-state index is -1.03. The van der Waals surface area contributed by atoms with Crippen molar-refractivity contribution in [2.75, 3.05) is 7.11 Å². The molecule has 1 N–H and O–H groups in total. The van der Waals surface area contributed by atoms with Crippen LogP contribution in [0.15, 0.2) is 24.3 Å². The Balaban J connectivity index is 2.59. The number of aromatic carboxylic acids is 1. The number of rotatable bonds is 4. The summed E-state index contributed by atoms with van der Waals surface area (Å²) in [6, 6.07) is 7.44. The first kappa shape index (κ1) is 13.1. The van der Waals surface area contributed by atoms with E-state index in [-0.39, 0.29) is 5.69 Å². The number of carbonyl (C=O) groups is 1. The Morgan fingerprint density at radius 1 is 1.42 bits per heavy atom. The molecule has 5 heteroatoms. The van der Waals surface area contributed by atoms with E-state index >= 15 is 0 Å². The average molecular weight is 260 g/mol. The fraction of sp³-hybridized carbons (Fsp3) is 0.286. The maximum atomic E-state index is 11.0. The molecule has 0 amide bonds. The van der Waals surface area contributed by atoms with Gasteiger partial charge in [0, 0.05) is 12.6 Å². The van der Waals surface area contributed by atoms with E-state index in [2.05, 4.69) is 12.0 Å². The van der Waals surface area contributed by atoms with Crippen molar-refractivity contribution in [2.24, 2.45) is 7.05 Å². The van der Waals surface area contributed by atoms with E-state index in [0.29, 0.717) is 5.75 Å². The molecule has 0 saturated carbocycles. The maximum Gasteiger partial charge on any atom is 0.356 e. The zero-order chi connectivity index (χ0) is 14.0. The molecule has 0 radical (unpaired) electrons. The number of methoxy groups -OCH3 is 1. The molecule has 100 valence electrons. The minimum Gasteiger partial charge on any atom is -0.496 e. The highest BCUT2D eigenvalue weighted by molar-refractivity contribution is 5.87. The van der Waals surface area contributed by atoms with Crippen LogP contribution in [0.1, 0.15) is 23.0 Å². The fourth-order valence-corrected chi connectivity index (χ4v) is 2.00. The predicted molar refractivity (Wildman–Crippen MR) is 71.5 cm³/mol. The van der Waals surface area contributed by atoms with Crippen molar-refractivity contribution in [3.05, 3.63) is 35.5 Å². The summed E-state index contributed by atoms with van der Waals surface area (Å²) in [4.78, 5) is 11.0. The Bertz CT molecular complexity index is 617. The lowest BCUT2D eigenvalue weighted by atomic mass is 10.0. The largest absolute Gasteiger partial charge is 0.496 e. The van der Waals surface area contributed by atoms with Crippen LogP contribution in [-0.4, -0.2) is 28.0 Å². The van der Waals surface area contributed by atoms with E-state index < -0.39 is 5.97 Å². The topological polar surface area (TPSA) is 64.3 Å². The van der Waals surface area contributed by atoms with Gasteiger partial charge in [-0.2, -0.15) is 5.10 Å². The quantitative estimate of drug-likeness (QED) is 0.916. The number of aryl methyl sites for hydroxylation is 2. The van der Waals surface area contributed by atoms with Gasteiger partial charge < -0.3 is 9.84 Å². The Labute approximate surface area is 111 Å². The first-order chi connectivity index (χ1) is 9.06. The highest BCUT2D eigenvalue weighted by atomic mass is 16.5. The number of aromatic nitrogens is 2. The fourth-order valence-electron chi connectivity index (χ4n) is 2.00. The standard InChI is InChI=1S/C14H16N2O3/c1-4-9-5-6-13(19-3)10(7-9)12-8-11(14(17)18)15-16(12)2/h5-8H,4H2,1-3H3,(H,17,18). The van der Waals surface area contributed by atoms with Gasteiger partial charge in [0.05, 0.1) is 12.8 Å². The molecule has 0 aliphatic heterocycles. The minimum absolute atomic E-state index is 0.0291. The summed E-state index contributed by atoms with van der Waals surface area (Å²) in [6.07, 6.45) is 0.903. The van der Waals surface area contributed by atoms with E-state index in [1.807, 2.05) is 18.2 Å². The number of benzene rings is 1. The molecule has 0 aliphatic rings. The molecule has 0 saturated heterocycles. The lowest BCUT2D eigenvalue weighted by Crippen LogP contribution is -1.99. The number of carboxylic acids is 1. The summed E-state index contributed by atoms with van der Waals surface area (Å²) < 4.78 is 6.89. The van der Waals surface area contributed by atoms with Crippen molar-refractivity contribution in [3.63, 3.8) is 0 Å². The molecule has 1 aromatic heterocycles. The van der Waals surface area contributed by atoms with Gasteiger partial charge in [-0.05, 0) is 30.2 Å². The first-order valence-corrected chi connectivity index (χ1v) is 6.01. The monoisotopic (exact) mass is 260 g/mol. The van der Waals surface area contributed by atoms with Crippen LogP contribution in [0, 0.1) is 0 Å². The lowest BCUT2D eigenvalue weighted by Gasteiger charge is -2.10. The molecule has 1 aromatic carbocycles. The molecule has 5 nitrogen and oxygen atoms in total. The van der Waals surface area contributed by atoms with Crippen LogP contribution in [0.25, 0.3) is 11.3 Å². The van der Waals surface area contributed by atoms with Crippen LogP contribution in [0.2, 0.25) is 0 Å². The van der Waals surface area contributed by atoms with Crippen molar-refractivity contribution >= 4 is 5.97 Å². The smallest absolute Gasteiger partial charge is 0.356 e. The Hall–Kier alpha value is -2.30. The van der Waals surface area contributed by atoms with E-state index in [9.17, 15) is 4.79 Å². The molecule has 0 spiro atoms. The van der Waals surface area contributed by atoms with Gasteiger partial charge >= 0.3 is 5.97 Å². The highest BCUT2D eigenvalue weighted by Gasteiger charge is 2.15. The van der Waals surface area contributed by atoms with Crippen LogP contribution in [0.3, 0.4) is 0 Å². The third kappa shape index (κ3) is 2.45. The average Bonchev–Trinajstić information content (AvgIpc) is 2.80. The van der Waals surface area contributed by atoms with Gasteiger partial charge in [-0.15, -0.1) is 0 Å². The van der Waals surface area contributed by atoms with Gasteiger partial charge in [-0.1, -0.05) is 13.0 Å². The van der Waals surface area contributed by atoms with Crippen molar-refractivity contribution in [2.45, 2.75) is 13.3 Å². The molecular formula is C14H16N2O3. The van der Waals surface area contributed by atoms with Gasteiger partial charge in [-0.3, -0.25) is 4.68 Å². The third-order valence-electron chi connectivity index (χ3n) is 3.05. The molecule has 0 atom stereocenters. The third-order valence-corrected chi connectivity index (χ3v) is 3.05. The van der Waals surface area contributed by atoms with Gasteiger partial charge in [0.15, 0.2) is 5.69 Å². The zero-order valence-corrected chi connectivity index (χ0v) is 11.2. The summed E-state index contributed by atoms with van der Waals surface area (Å²) in [5.74, 6) is -0.329. The van der Waals surface area contributed by atoms with Gasteiger partial charge in [0.1, 0.15) is 5.75 Å². The number of ether oxygens (including phenoxy) is 1. The van der Waals surface area contributed by atoms with Crippen LogP contribution in [-0.2, 0) is 13.5 Å². The molecule has 1 heterocycles. The summed E-state index contributed by atoms with van der Waals surface area (Å²) >= 11 is 0. The van der Waals surface area contributed by atoms with E-state index in [1.165, 1.54) is 0 Å². The Morgan fingerprint density at radius 2 is 2.16 bits per heavy atom. The van der Waals surface area contributed by atoms with Gasteiger partial charge in [-0.25, -0.2) is 4.79 Å². The SMILES string of the molecule is CCc1ccc(OC)c(-c2cc(C(=O)O)nn2C)c1. The molecular weight excluding hydrogens is 244 g/mol. The first-order valence-electron chi connectivity index (χ1n) is 6.01. The second-order valence-corrected chi connectivity index (χ2v) is 4.23. The number of carboxylic acid groups (broad SMARTS) is 1. The van der Waals surface area contributed by atoms with Gasteiger partial charge in [0.2, 0.25) is 0 Å². The van der Waals surface area contributed by atoms with Crippen molar-refractivity contribution < 1.29 is 14.6 Å². The van der Waals surface area contributed by atoms with Gasteiger partial charge in [0.25, 0.3) is 0 Å². The van der Waals surface area contributed by atoms with E-state index in [0.717, 1.165) is 23.2 Å². The molecule has 19 heavy (non-hydrogen) atoms. The second kappa shape index (κ2) is 5.14. The molecule has 2 rings (SSSR count). The molecule has 0 bridgehead atoms. The van der Waals surface area contributed by atoms with Crippen molar-refractivity contribution in [3.8, 4) is 17.0 Å². The normalized spacial score (nSPS) is 10.5. The summed E-state index contributed by atoms with van der Waals surface area (Å²) in [6.45, 7) is 2.07. The molecule has 0 aliphatic carbocycles. The van der Waals surface area contributed by atoms with Crippen LogP contribution < -0.4 is 4.74 Å². The highest BCUT2D eigenvalue weighted by Crippen LogP contribution is 2.31. The summed E-state index contributed by atoms with van der Waals surface area (Å²) in [7, 11) is 3.32. The molecule has 0 unspecified atom stereocenters. The maximum absolute atomic E-state index is 11.0. The second-order valence-electron chi connectivity index (χ2n) is 4.23. The summed E-state index contributed by atoms with van der Waals surface area (Å²) in [5, 5.41) is 13.0. The van der Waals surface area contributed by atoms with E-state index in [4.69, 9.17) is 9.84 Å². The number of nitrogens with zero attached hydrogens (tertiary/aromatic N) is 2. The Morgan fingerprint density at radius 3 is 2.68 bits per heavy atom. The zero-order valence-electron chi connectivity index (χ0n) is 11.2. The van der Waals surface area contributed by atoms with Crippen LogP contribution in [0.5, 0.6) is 5.75 Å². The lowest BCUT2D eigenvalue weighted by molar-refractivity contribution is 0.0689. The summed E-state index contributed by atoms with van der Waals surface area (Å²) in [5.41, 5.74) is 2.77. The predicted octanol–water partition coefficient (Wildman–Crippen LogP) is 2.36. The number of hydrogen-bond donors (Lipinski definition) is 1. The Kier molecular flexibility index (Phi) is 3.55. The van der Waals surface area contributed by atoms with E-state index in [1.54, 1.807) is 24.9 Å². The van der Waals surface area contributed by atoms with Crippen molar-refractivity contribution in [1.82, 2.24) is 9.78 Å². The molecule has 2 aromatic rings. The van der Waals surface area contributed by atoms with Crippen LogP contribution >= 0.6 is 0 Å². The van der Waals surface area contributed by atoms with Crippen molar-refractivity contribution in [1.29, 1.82) is 0 Å².